The zero-order valence-electron chi connectivity index (χ0n) is 25.9. The van der Waals surface area contributed by atoms with Crippen LogP contribution < -0.4 is 21.7 Å². The molecule has 39 heavy (non-hydrogen) atoms. The number of carbonyl (C=O) groups excluding carboxylic acids is 3. The van der Waals surface area contributed by atoms with Gasteiger partial charge < -0.3 is 21.7 Å². The van der Waals surface area contributed by atoms with Crippen molar-refractivity contribution in [2.75, 3.05) is 13.1 Å². The molecule has 230 valence electrons. The highest BCUT2D eigenvalue weighted by atomic mass is 16.2. The second-order valence-corrected chi connectivity index (χ2v) is 11.4. The molecule has 0 saturated heterocycles. The Bertz CT molecular complexity index is 598. The molecule has 0 aliphatic rings. The van der Waals surface area contributed by atoms with E-state index < -0.39 is 12.1 Å². The van der Waals surface area contributed by atoms with Gasteiger partial charge in [0.2, 0.25) is 17.7 Å². The molecular formula is C32H64N4O3. The Kier molecular flexibility index (Phi) is 26.8. The Balaban J connectivity index is 4.05. The van der Waals surface area contributed by atoms with Crippen LogP contribution in [0.15, 0.2) is 0 Å². The van der Waals surface area contributed by atoms with Crippen molar-refractivity contribution >= 4 is 17.7 Å². The standard InChI is InChI=1S/C32H64N4O3/c1-4-6-8-10-12-14-16-18-20-22-26-34-30(37)25-24-29(36-31(38)28(3)33)32(39)35-27-23-21-19-17-15-13-11-9-7-5-2/h28-29H,4-27,33H2,1-3H3,(H,34,37)(H,35,39)(H,36,38)/t28-,29-/m0/s1. The van der Waals surface area contributed by atoms with Crippen molar-refractivity contribution in [3.05, 3.63) is 0 Å². The average molecular weight is 553 g/mol. The summed E-state index contributed by atoms with van der Waals surface area (Å²) >= 11 is 0. The first-order valence-electron chi connectivity index (χ1n) is 16.5. The number of rotatable bonds is 28. The summed E-state index contributed by atoms with van der Waals surface area (Å²) in [5, 5.41) is 8.62. The molecule has 0 aliphatic carbocycles. The molecule has 0 bridgehead atoms. The summed E-state index contributed by atoms with van der Waals surface area (Å²) in [6.07, 6.45) is 25.5. The van der Waals surface area contributed by atoms with Gasteiger partial charge in [0.1, 0.15) is 6.04 Å². The molecule has 2 atom stereocenters. The fourth-order valence-corrected chi connectivity index (χ4v) is 4.72. The van der Waals surface area contributed by atoms with Crippen molar-refractivity contribution in [2.24, 2.45) is 5.73 Å². The lowest BCUT2D eigenvalue weighted by molar-refractivity contribution is -0.130. The molecule has 0 aromatic rings. The maximum Gasteiger partial charge on any atom is 0.242 e. The topological polar surface area (TPSA) is 113 Å². The number of nitrogens with one attached hydrogen (secondary N) is 3. The highest BCUT2D eigenvalue weighted by Gasteiger charge is 2.22. The third-order valence-electron chi connectivity index (χ3n) is 7.39. The minimum absolute atomic E-state index is 0.0755. The molecule has 5 N–H and O–H groups in total. The summed E-state index contributed by atoms with van der Waals surface area (Å²) in [6, 6.07) is -1.44. The number of hydrogen-bond acceptors (Lipinski definition) is 4. The van der Waals surface area contributed by atoms with Crippen LogP contribution in [-0.2, 0) is 14.4 Å². The zero-order valence-corrected chi connectivity index (χ0v) is 25.9. The van der Waals surface area contributed by atoms with E-state index in [1.165, 1.54) is 103 Å². The van der Waals surface area contributed by atoms with Gasteiger partial charge in [-0.2, -0.15) is 0 Å². The average Bonchev–Trinajstić information content (AvgIpc) is 2.92. The summed E-state index contributed by atoms with van der Waals surface area (Å²) in [5.74, 6) is -0.684. The van der Waals surface area contributed by atoms with E-state index in [2.05, 4.69) is 29.8 Å². The highest BCUT2D eigenvalue weighted by Crippen LogP contribution is 2.11. The van der Waals surface area contributed by atoms with E-state index in [4.69, 9.17) is 5.73 Å². The van der Waals surface area contributed by atoms with E-state index >= 15 is 0 Å². The molecule has 0 unspecified atom stereocenters. The Morgan fingerprint density at radius 1 is 0.564 bits per heavy atom. The van der Waals surface area contributed by atoms with E-state index in [0.29, 0.717) is 13.1 Å². The molecule has 0 saturated carbocycles. The molecular weight excluding hydrogens is 488 g/mol. The maximum atomic E-state index is 12.7. The van der Waals surface area contributed by atoms with Crippen molar-refractivity contribution in [2.45, 2.75) is 174 Å². The van der Waals surface area contributed by atoms with E-state index in [0.717, 1.165) is 25.7 Å². The van der Waals surface area contributed by atoms with Gasteiger partial charge in [-0.1, -0.05) is 129 Å². The van der Waals surface area contributed by atoms with E-state index in [9.17, 15) is 14.4 Å². The van der Waals surface area contributed by atoms with Gasteiger partial charge in [-0.15, -0.1) is 0 Å². The van der Waals surface area contributed by atoms with Crippen LogP contribution in [0.4, 0.5) is 0 Å². The van der Waals surface area contributed by atoms with Crippen LogP contribution in [0.25, 0.3) is 0 Å². The monoisotopic (exact) mass is 552 g/mol. The minimum Gasteiger partial charge on any atom is -0.356 e. The largest absolute Gasteiger partial charge is 0.356 e. The zero-order chi connectivity index (χ0) is 29.0. The summed E-state index contributed by atoms with van der Waals surface area (Å²) in [7, 11) is 0. The lowest BCUT2D eigenvalue weighted by atomic mass is 10.1. The van der Waals surface area contributed by atoms with Crippen LogP contribution in [0.3, 0.4) is 0 Å². The molecule has 0 aliphatic heterocycles. The van der Waals surface area contributed by atoms with Gasteiger partial charge in [0.15, 0.2) is 0 Å². The van der Waals surface area contributed by atoms with Crippen molar-refractivity contribution in [1.29, 1.82) is 0 Å². The quantitative estimate of drug-likeness (QED) is 0.0811. The summed E-state index contributed by atoms with van der Waals surface area (Å²) in [6.45, 7) is 7.33. The SMILES string of the molecule is CCCCCCCCCCCCNC(=O)CC[C@H](NC(=O)[C@H](C)N)C(=O)NCCCCCCCCCCCC. The molecule has 0 aromatic carbocycles. The Morgan fingerprint density at radius 2 is 0.949 bits per heavy atom. The highest BCUT2D eigenvalue weighted by molar-refractivity contribution is 5.90. The van der Waals surface area contributed by atoms with Gasteiger partial charge in [0.25, 0.3) is 0 Å². The Hall–Kier alpha value is -1.63. The van der Waals surface area contributed by atoms with Crippen LogP contribution in [0, 0.1) is 0 Å². The maximum absolute atomic E-state index is 12.7. The fourth-order valence-electron chi connectivity index (χ4n) is 4.72. The fraction of sp³-hybridized carbons (Fsp3) is 0.906. The minimum atomic E-state index is -0.741. The number of nitrogens with two attached hydrogens (primary N) is 1. The third-order valence-corrected chi connectivity index (χ3v) is 7.39. The predicted molar refractivity (Wildman–Crippen MR) is 165 cm³/mol. The number of carbonyl (C=O) groups is 3. The number of hydrogen-bond donors (Lipinski definition) is 4. The Labute approximate surface area is 241 Å². The van der Waals surface area contributed by atoms with Gasteiger partial charge in [-0.3, -0.25) is 14.4 Å². The van der Waals surface area contributed by atoms with Crippen LogP contribution in [0.1, 0.15) is 162 Å². The van der Waals surface area contributed by atoms with E-state index in [-0.39, 0.29) is 30.6 Å². The van der Waals surface area contributed by atoms with Crippen molar-refractivity contribution in [3.63, 3.8) is 0 Å². The number of amides is 3. The first-order chi connectivity index (χ1) is 18.9. The number of unbranched alkanes of at least 4 members (excludes halogenated alkanes) is 18. The summed E-state index contributed by atoms with van der Waals surface area (Å²) in [4.78, 5) is 37.2. The second kappa shape index (κ2) is 27.9. The van der Waals surface area contributed by atoms with Gasteiger partial charge in [0, 0.05) is 19.5 Å². The first kappa shape index (κ1) is 37.4. The van der Waals surface area contributed by atoms with Crippen molar-refractivity contribution in [3.8, 4) is 0 Å². The van der Waals surface area contributed by atoms with Gasteiger partial charge in [-0.25, -0.2) is 0 Å². The second-order valence-electron chi connectivity index (χ2n) is 11.4. The summed E-state index contributed by atoms with van der Waals surface area (Å²) < 4.78 is 0. The van der Waals surface area contributed by atoms with E-state index in [1.807, 2.05) is 0 Å². The molecule has 0 radical (unpaired) electrons. The first-order valence-corrected chi connectivity index (χ1v) is 16.5. The lowest BCUT2D eigenvalue weighted by Crippen LogP contribution is -2.51. The van der Waals surface area contributed by atoms with Crippen molar-refractivity contribution in [1.82, 2.24) is 16.0 Å². The molecule has 7 nitrogen and oxygen atoms in total. The third kappa shape index (κ3) is 25.1. The molecule has 0 rings (SSSR count). The molecule has 3 amide bonds. The smallest absolute Gasteiger partial charge is 0.242 e. The lowest BCUT2D eigenvalue weighted by Gasteiger charge is -2.19. The van der Waals surface area contributed by atoms with Crippen LogP contribution in [0.5, 0.6) is 0 Å². The van der Waals surface area contributed by atoms with Crippen LogP contribution in [0.2, 0.25) is 0 Å². The summed E-state index contributed by atoms with van der Waals surface area (Å²) in [5.41, 5.74) is 5.68. The normalized spacial score (nSPS) is 12.6. The molecule has 0 heterocycles. The van der Waals surface area contributed by atoms with Crippen LogP contribution in [-0.4, -0.2) is 42.9 Å². The Morgan fingerprint density at radius 3 is 1.36 bits per heavy atom. The molecule has 7 heteroatoms. The van der Waals surface area contributed by atoms with E-state index in [1.54, 1.807) is 6.92 Å². The molecule has 0 spiro atoms. The van der Waals surface area contributed by atoms with Gasteiger partial charge >= 0.3 is 0 Å². The van der Waals surface area contributed by atoms with Crippen LogP contribution >= 0.6 is 0 Å². The molecule has 0 fully saturated rings. The van der Waals surface area contributed by atoms with Gasteiger partial charge in [-0.05, 0) is 26.2 Å². The molecule has 0 aromatic heterocycles. The van der Waals surface area contributed by atoms with Crippen molar-refractivity contribution < 1.29 is 14.4 Å². The predicted octanol–water partition coefficient (Wildman–Crippen LogP) is 6.67. The van der Waals surface area contributed by atoms with Gasteiger partial charge in [0.05, 0.1) is 6.04 Å².